The highest BCUT2D eigenvalue weighted by atomic mass is 35.5. The summed E-state index contributed by atoms with van der Waals surface area (Å²) in [6.45, 7) is 3.49. The summed E-state index contributed by atoms with van der Waals surface area (Å²) in [5, 5.41) is 1.17. The lowest BCUT2D eigenvalue weighted by Gasteiger charge is -2.10. The maximum atomic E-state index is 12.3. The van der Waals surface area contributed by atoms with Crippen LogP contribution in [0.2, 0.25) is 10.0 Å². The zero-order chi connectivity index (χ0) is 18.8. The normalized spacial score (nSPS) is 10.9. The minimum Gasteiger partial charge on any atom is -0.487 e. The number of hydrogen-bond acceptors (Lipinski definition) is 6. The Hall–Kier alpha value is -2.09. The molecule has 2 heterocycles. The van der Waals surface area contributed by atoms with Gasteiger partial charge in [0.25, 0.3) is 5.56 Å². The van der Waals surface area contributed by atoms with Crippen LogP contribution in [0.4, 0.5) is 0 Å². The fourth-order valence-corrected chi connectivity index (χ4v) is 4.04. The van der Waals surface area contributed by atoms with Gasteiger partial charge in [0.2, 0.25) is 0 Å². The Kier molecular flexibility index (Phi) is 5.50. The molecule has 6 nitrogen and oxygen atoms in total. The number of fused-ring (bicyclic) bond motifs is 1. The molecule has 1 N–H and O–H groups in total. The number of aryl methyl sites for hydroxylation is 2. The minimum absolute atomic E-state index is 0.0108. The number of rotatable bonds is 5. The van der Waals surface area contributed by atoms with E-state index < -0.39 is 5.97 Å². The highest BCUT2D eigenvalue weighted by Gasteiger charge is 2.20. The third-order valence-corrected chi connectivity index (χ3v) is 5.35. The first kappa shape index (κ1) is 18.7. The number of nitrogens with one attached hydrogen (secondary N) is 1. The summed E-state index contributed by atoms with van der Waals surface area (Å²) in [7, 11) is 0. The molecule has 0 aliphatic rings. The van der Waals surface area contributed by atoms with Gasteiger partial charge in [0.1, 0.15) is 28.7 Å². The first-order valence-electron chi connectivity index (χ1n) is 7.62. The van der Waals surface area contributed by atoms with Gasteiger partial charge in [-0.05, 0) is 31.5 Å². The molecule has 0 spiro atoms. The van der Waals surface area contributed by atoms with Crippen LogP contribution in [-0.2, 0) is 4.74 Å². The molecule has 136 valence electrons. The predicted molar refractivity (Wildman–Crippen MR) is 102 cm³/mol. The van der Waals surface area contributed by atoms with E-state index in [2.05, 4.69) is 9.97 Å². The van der Waals surface area contributed by atoms with E-state index in [4.69, 9.17) is 32.7 Å². The van der Waals surface area contributed by atoms with Crippen molar-refractivity contribution in [2.45, 2.75) is 13.8 Å². The molecule has 3 aromatic rings. The first-order chi connectivity index (χ1) is 12.4. The number of benzene rings is 1. The number of halogens is 2. The van der Waals surface area contributed by atoms with E-state index in [1.807, 2.05) is 0 Å². The van der Waals surface area contributed by atoms with Crippen LogP contribution in [0.15, 0.2) is 23.0 Å². The number of hydrogen-bond donors (Lipinski definition) is 1. The fraction of sp³-hybridized carbons (Fsp3) is 0.235. The van der Waals surface area contributed by atoms with Gasteiger partial charge in [-0.3, -0.25) is 4.79 Å². The predicted octanol–water partition coefficient (Wildman–Crippen LogP) is 4.14. The SMILES string of the molecule is Cc1nc2sc(C(=O)OCCOc3c(Cl)cccc3Cl)c(C)c2c(=O)[nH]1. The fourth-order valence-electron chi connectivity index (χ4n) is 2.41. The van der Waals surface area contributed by atoms with Gasteiger partial charge in [-0.2, -0.15) is 0 Å². The molecule has 0 atom stereocenters. The molecule has 9 heteroatoms. The van der Waals surface area contributed by atoms with Crippen molar-refractivity contribution in [3.8, 4) is 5.75 Å². The molecule has 0 saturated heterocycles. The minimum atomic E-state index is -0.531. The Labute approximate surface area is 162 Å². The number of carbonyl (C=O) groups excluding carboxylic acids is 1. The second-order valence-corrected chi connectivity index (χ2v) is 7.24. The maximum Gasteiger partial charge on any atom is 0.348 e. The van der Waals surface area contributed by atoms with Crippen molar-refractivity contribution in [3.05, 3.63) is 54.9 Å². The van der Waals surface area contributed by atoms with Crippen LogP contribution < -0.4 is 10.3 Å². The molecule has 0 amide bonds. The van der Waals surface area contributed by atoms with Gasteiger partial charge in [0, 0.05) is 0 Å². The highest BCUT2D eigenvalue weighted by molar-refractivity contribution is 7.20. The highest BCUT2D eigenvalue weighted by Crippen LogP contribution is 2.32. The molecule has 26 heavy (non-hydrogen) atoms. The monoisotopic (exact) mass is 412 g/mol. The summed E-state index contributed by atoms with van der Waals surface area (Å²) in [5.74, 6) is 0.307. The van der Waals surface area contributed by atoms with Gasteiger partial charge in [-0.1, -0.05) is 29.3 Å². The van der Waals surface area contributed by atoms with Crippen LogP contribution in [0.3, 0.4) is 0 Å². The number of ether oxygens (including phenoxy) is 2. The van der Waals surface area contributed by atoms with E-state index >= 15 is 0 Å². The van der Waals surface area contributed by atoms with Crippen LogP contribution in [0.1, 0.15) is 21.1 Å². The van der Waals surface area contributed by atoms with Gasteiger partial charge >= 0.3 is 5.97 Å². The second-order valence-electron chi connectivity index (χ2n) is 5.42. The van der Waals surface area contributed by atoms with Crippen LogP contribution >= 0.6 is 34.5 Å². The second kappa shape index (κ2) is 7.65. The number of carbonyl (C=O) groups is 1. The number of para-hydroxylation sites is 1. The molecular formula is C17H14Cl2N2O4S. The van der Waals surface area contributed by atoms with E-state index in [-0.39, 0.29) is 18.8 Å². The van der Waals surface area contributed by atoms with Crippen molar-refractivity contribution in [2.75, 3.05) is 13.2 Å². The molecule has 0 unspecified atom stereocenters. The molecule has 0 aliphatic heterocycles. The van der Waals surface area contributed by atoms with Gasteiger partial charge in [0.15, 0.2) is 5.75 Å². The number of thiophene rings is 1. The molecule has 0 aliphatic carbocycles. The lowest BCUT2D eigenvalue weighted by atomic mass is 10.2. The first-order valence-corrected chi connectivity index (χ1v) is 9.19. The van der Waals surface area contributed by atoms with Crippen LogP contribution in [0.5, 0.6) is 5.75 Å². The number of aromatic amines is 1. The Balaban J connectivity index is 1.67. The van der Waals surface area contributed by atoms with Crippen molar-refractivity contribution in [1.29, 1.82) is 0 Å². The summed E-state index contributed by atoms with van der Waals surface area (Å²) < 4.78 is 10.7. The molecule has 2 aromatic heterocycles. The van der Waals surface area contributed by atoms with Crippen molar-refractivity contribution in [2.24, 2.45) is 0 Å². The number of esters is 1. The van der Waals surface area contributed by atoms with Crippen LogP contribution in [0.25, 0.3) is 10.2 Å². The Morgan fingerprint density at radius 1 is 1.23 bits per heavy atom. The molecule has 3 rings (SSSR count). The number of aromatic nitrogens is 2. The third-order valence-electron chi connectivity index (χ3n) is 3.59. The summed E-state index contributed by atoms with van der Waals surface area (Å²) in [5.41, 5.74) is 0.288. The quantitative estimate of drug-likeness (QED) is 0.502. The van der Waals surface area contributed by atoms with Gasteiger partial charge in [-0.15, -0.1) is 11.3 Å². The van der Waals surface area contributed by atoms with Crippen molar-refractivity contribution >= 4 is 50.7 Å². The average molecular weight is 413 g/mol. The van der Waals surface area contributed by atoms with Crippen molar-refractivity contribution < 1.29 is 14.3 Å². The molecule has 0 fully saturated rings. The van der Waals surface area contributed by atoms with E-state index in [1.54, 1.807) is 32.0 Å². The zero-order valence-electron chi connectivity index (χ0n) is 13.9. The zero-order valence-corrected chi connectivity index (χ0v) is 16.2. The Morgan fingerprint density at radius 2 is 1.92 bits per heavy atom. The largest absolute Gasteiger partial charge is 0.487 e. The summed E-state index contributed by atoms with van der Waals surface area (Å²) in [6.07, 6.45) is 0. The molecule has 1 aromatic carbocycles. The topological polar surface area (TPSA) is 81.3 Å². The average Bonchev–Trinajstić information content (AvgIpc) is 2.90. The summed E-state index contributed by atoms with van der Waals surface area (Å²) in [6, 6.07) is 5.02. The lowest BCUT2D eigenvalue weighted by molar-refractivity contribution is 0.0455. The summed E-state index contributed by atoms with van der Waals surface area (Å²) >= 11 is 13.1. The van der Waals surface area contributed by atoms with Crippen LogP contribution in [-0.4, -0.2) is 29.2 Å². The Bertz CT molecular complexity index is 1020. The van der Waals surface area contributed by atoms with Crippen LogP contribution in [0, 0.1) is 13.8 Å². The smallest absolute Gasteiger partial charge is 0.348 e. The van der Waals surface area contributed by atoms with Crippen molar-refractivity contribution in [1.82, 2.24) is 9.97 Å². The van der Waals surface area contributed by atoms with E-state index in [0.29, 0.717) is 42.3 Å². The van der Waals surface area contributed by atoms with Crippen molar-refractivity contribution in [3.63, 3.8) is 0 Å². The van der Waals surface area contributed by atoms with Gasteiger partial charge in [-0.25, -0.2) is 9.78 Å². The van der Waals surface area contributed by atoms with E-state index in [9.17, 15) is 9.59 Å². The number of H-pyrrole nitrogens is 1. The van der Waals surface area contributed by atoms with Gasteiger partial charge < -0.3 is 14.5 Å². The standard InChI is InChI=1S/C17H14Cl2N2O4S/c1-8-12-15(22)20-9(2)21-16(12)26-14(8)17(23)25-7-6-24-13-10(18)4-3-5-11(13)19/h3-5H,6-7H2,1-2H3,(H,20,21,22). The van der Waals surface area contributed by atoms with E-state index in [1.165, 1.54) is 0 Å². The third kappa shape index (κ3) is 3.70. The van der Waals surface area contributed by atoms with E-state index in [0.717, 1.165) is 11.3 Å². The molecule has 0 radical (unpaired) electrons. The molecular weight excluding hydrogens is 399 g/mol. The summed E-state index contributed by atoms with van der Waals surface area (Å²) in [4.78, 5) is 32.1. The van der Waals surface area contributed by atoms with Gasteiger partial charge in [0.05, 0.1) is 15.4 Å². The Morgan fingerprint density at radius 3 is 2.62 bits per heavy atom. The maximum absolute atomic E-state index is 12.3. The molecule has 0 bridgehead atoms. The molecule has 0 saturated carbocycles. The number of nitrogens with zero attached hydrogens (tertiary/aromatic N) is 1. The lowest BCUT2D eigenvalue weighted by Crippen LogP contribution is -2.13.